The average molecular weight is 483 g/mol. The van der Waals surface area contributed by atoms with E-state index in [1.165, 1.54) is 49.8 Å². The third-order valence-electron chi connectivity index (χ3n) is 4.79. The van der Waals surface area contributed by atoms with Crippen molar-refractivity contribution >= 4 is 44.2 Å². The minimum absolute atomic E-state index is 0.0583. The van der Waals surface area contributed by atoms with E-state index >= 15 is 0 Å². The topological polar surface area (TPSA) is 119 Å². The first kappa shape index (κ1) is 25.5. The molecular weight excluding hydrogens is 456 g/mol. The number of carbonyl (C=O) groups is 3. The van der Waals surface area contributed by atoms with E-state index in [1.807, 2.05) is 6.92 Å². The fraction of sp³-hybridized carbons (Fsp3) is 0.381. The number of nitrogens with zero attached hydrogens (tertiary/aromatic N) is 1. The molecule has 0 bridgehead atoms. The molecule has 2 aromatic rings. The van der Waals surface area contributed by atoms with Crippen molar-refractivity contribution in [3.63, 3.8) is 0 Å². The number of hydrogen-bond donors (Lipinski definition) is 1. The first-order valence-electron chi connectivity index (χ1n) is 9.76. The molecule has 1 N–H and O–H groups in total. The summed E-state index contributed by atoms with van der Waals surface area (Å²) in [6, 6.07) is 5.48. The van der Waals surface area contributed by atoms with Crippen molar-refractivity contribution in [1.29, 1.82) is 0 Å². The van der Waals surface area contributed by atoms with Gasteiger partial charge in [0, 0.05) is 19.2 Å². The third kappa shape index (κ3) is 5.34. The van der Waals surface area contributed by atoms with E-state index in [9.17, 15) is 22.8 Å². The molecule has 0 unspecified atom stereocenters. The molecule has 0 saturated carbocycles. The highest BCUT2D eigenvalue weighted by Crippen LogP contribution is 2.34. The number of nitrogens with one attached hydrogen (secondary N) is 1. The second-order valence-electron chi connectivity index (χ2n) is 6.90. The second kappa shape index (κ2) is 10.7. The highest BCUT2D eigenvalue weighted by molar-refractivity contribution is 7.89. The Kier molecular flexibility index (Phi) is 8.53. The molecule has 0 atom stereocenters. The SMILES string of the molecule is CCCCN(C)S(=O)(=O)c1ccc(C(=O)Nc2sc(C(=O)OC)c(C)c2C(=O)OC)cc1. The van der Waals surface area contributed by atoms with Gasteiger partial charge in [0.25, 0.3) is 5.91 Å². The van der Waals surface area contributed by atoms with Crippen molar-refractivity contribution < 1.29 is 32.3 Å². The number of carbonyl (C=O) groups excluding carboxylic acids is 3. The van der Waals surface area contributed by atoms with E-state index in [0.717, 1.165) is 24.2 Å². The number of unbranched alkanes of at least 4 members (excludes halogenated alkanes) is 1. The molecule has 9 nitrogen and oxygen atoms in total. The average Bonchev–Trinajstić information content (AvgIpc) is 3.11. The molecule has 32 heavy (non-hydrogen) atoms. The maximum atomic E-state index is 12.7. The van der Waals surface area contributed by atoms with Gasteiger partial charge in [0.05, 0.1) is 24.7 Å². The molecule has 2 rings (SSSR count). The number of rotatable bonds is 9. The standard InChI is InChI=1S/C21H26N2O7S2/c1-6-7-12-23(3)32(27,28)15-10-8-14(9-11-15)18(24)22-19-16(20(25)29-4)13(2)17(31-19)21(26)30-5/h8-11H,6-7,12H2,1-5H3,(H,22,24). The molecule has 1 heterocycles. The second-order valence-corrected chi connectivity index (χ2v) is 9.97. The zero-order chi connectivity index (χ0) is 24.1. The van der Waals surface area contributed by atoms with Crippen LogP contribution in [-0.2, 0) is 19.5 Å². The summed E-state index contributed by atoms with van der Waals surface area (Å²) in [6.07, 6.45) is 1.61. The van der Waals surface area contributed by atoms with E-state index in [1.54, 1.807) is 6.92 Å². The maximum absolute atomic E-state index is 12.7. The van der Waals surface area contributed by atoms with Gasteiger partial charge in [-0.1, -0.05) is 13.3 Å². The number of methoxy groups -OCH3 is 2. The Morgan fingerprint density at radius 1 is 1.06 bits per heavy atom. The highest BCUT2D eigenvalue weighted by atomic mass is 32.2. The Balaban J connectivity index is 2.30. The molecule has 0 fully saturated rings. The normalized spacial score (nSPS) is 11.3. The van der Waals surface area contributed by atoms with Gasteiger partial charge < -0.3 is 14.8 Å². The zero-order valence-corrected chi connectivity index (χ0v) is 20.2. The van der Waals surface area contributed by atoms with Crippen LogP contribution in [0.1, 0.15) is 55.7 Å². The number of benzene rings is 1. The summed E-state index contributed by atoms with van der Waals surface area (Å²) in [5, 5.41) is 2.74. The molecule has 11 heteroatoms. The number of anilines is 1. The summed E-state index contributed by atoms with van der Waals surface area (Å²) >= 11 is 0.895. The van der Waals surface area contributed by atoms with Gasteiger partial charge in [0.15, 0.2) is 0 Å². The lowest BCUT2D eigenvalue weighted by Crippen LogP contribution is -2.28. The predicted molar refractivity (Wildman–Crippen MR) is 121 cm³/mol. The Bertz CT molecular complexity index is 1110. The minimum Gasteiger partial charge on any atom is -0.465 e. The number of hydrogen-bond acceptors (Lipinski definition) is 8. The molecule has 1 aromatic heterocycles. The highest BCUT2D eigenvalue weighted by Gasteiger charge is 2.27. The fourth-order valence-electron chi connectivity index (χ4n) is 2.87. The molecule has 1 amide bonds. The molecule has 0 spiro atoms. The van der Waals surface area contributed by atoms with Gasteiger partial charge in [-0.2, -0.15) is 0 Å². The van der Waals surface area contributed by atoms with Crippen molar-refractivity contribution in [2.24, 2.45) is 0 Å². The summed E-state index contributed by atoms with van der Waals surface area (Å²) in [6.45, 7) is 3.93. The number of amides is 1. The molecule has 0 aliphatic carbocycles. The van der Waals surface area contributed by atoms with Crippen LogP contribution < -0.4 is 5.32 Å². The molecule has 174 valence electrons. The number of thiophene rings is 1. The minimum atomic E-state index is -3.66. The Morgan fingerprint density at radius 3 is 2.19 bits per heavy atom. The molecular formula is C21H26N2O7S2. The summed E-state index contributed by atoms with van der Waals surface area (Å²) in [7, 11) is 0.263. The van der Waals surface area contributed by atoms with Crippen LogP contribution in [0.25, 0.3) is 0 Å². The van der Waals surface area contributed by atoms with Gasteiger partial charge >= 0.3 is 11.9 Å². The van der Waals surface area contributed by atoms with Gasteiger partial charge in [-0.25, -0.2) is 22.3 Å². The lowest BCUT2D eigenvalue weighted by atomic mass is 10.1. The van der Waals surface area contributed by atoms with Crippen molar-refractivity contribution in [2.45, 2.75) is 31.6 Å². The third-order valence-corrected chi connectivity index (χ3v) is 7.84. The summed E-state index contributed by atoms with van der Waals surface area (Å²) < 4.78 is 36.0. The molecule has 0 radical (unpaired) electrons. The van der Waals surface area contributed by atoms with Crippen LogP contribution in [0.5, 0.6) is 0 Å². The molecule has 0 saturated heterocycles. The number of sulfonamides is 1. The lowest BCUT2D eigenvalue weighted by Gasteiger charge is -2.17. The Hall–Kier alpha value is -2.76. The van der Waals surface area contributed by atoms with Crippen molar-refractivity contribution in [3.05, 3.63) is 45.8 Å². The fourth-order valence-corrected chi connectivity index (χ4v) is 5.19. The van der Waals surface area contributed by atoms with E-state index in [0.29, 0.717) is 12.1 Å². The predicted octanol–water partition coefficient (Wildman–Crippen LogP) is 3.30. The molecule has 0 aliphatic heterocycles. The summed E-state index contributed by atoms with van der Waals surface area (Å²) in [4.78, 5) is 37.2. The quantitative estimate of drug-likeness (QED) is 0.545. The first-order valence-corrected chi connectivity index (χ1v) is 12.0. The summed E-state index contributed by atoms with van der Waals surface area (Å²) in [5.74, 6) is -1.92. The van der Waals surface area contributed by atoms with Crippen LogP contribution in [0, 0.1) is 6.92 Å². The van der Waals surface area contributed by atoms with Crippen LogP contribution in [0.4, 0.5) is 5.00 Å². The Morgan fingerprint density at radius 2 is 1.66 bits per heavy atom. The van der Waals surface area contributed by atoms with Crippen LogP contribution in [0.2, 0.25) is 0 Å². The Labute approximate surface area is 191 Å². The summed E-state index contributed by atoms with van der Waals surface area (Å²) in [5.41, 5.74) is 0.574. The van der Waals surface area contributed by atoms with Crippen LogP contribution in [0.15, 0.2) is 29.2 Å². The first-order chi connectivity index (χ1) is 15.1. The molecule has 1 aromatic carbocycles. The van der Waals surface area contributed by atoms with Crippen LogP contribution in [-0.4, -0.2) is 58.4 Å². The lowest BCUT2D eigenvalue weighted by molar-refractivity contribution is 0.0601. The largest absolute Gasteiger partial charge is 0.465 e. The van der Waals surface area contributed by atoms with Gasteiger partial charge in [-0.15, -0.1) is 11.3 Å². The van der Waals surface area contributed by atoms with E-state index < -0.39 is 27.9 Å². The van der Waals surface area contributed by atoms with Crippen molar-refractivity contribution in [2.75, 3.05) is 33.1 Å². The van der Waals surface area contributed by atoms with Crippen LogP contribution >= 0.6 is 11.3 Å². The van der Waals surface area contributed by atoms with Gasteiger partial charge in [0.2, 0.25) is 10.0 Å². The van der Waals surface area contributed by atoms with Gasteiger partial charge in [-0.3, -0.25) is 4.79 Å². The maximum Gasteiger partial charge on any atom is 0.348 e. The van der Waals surface area contributed by atoms with Crippen LogP contribution in [0.3, 0.4) is 0 Å². The van der Waals surface area contributed by atoms with E-state index in [-0.39, 0.29) is 25.9 Å². The number of esters is 2. The van der Waals surface area contributed by atoms with Crippen molar-refractivity contribution in [3.8, 4) is 0 Å². The van der Waals surface area contributed by atoms with Gasteiger partial charge in [-0.05, 0) is 43.2 Å². The van der Waals surface area contributed by atoms with Gasteiger partial charge in [0.1, 0.15) is 9.88 Å². The van der Waals surface area contributed by atoms with E-state index in [2.05, 4.69) is 5.32 Å². The number of ether oxygens (including phenoxy) is 2. The zero-order valence-electron chi connectivity index (χ0n) is 18.6. The monoisotopic (exact) mass is 482 g/mol. The van der Waals surface area contributed by atoms with E-state index in [4.69, 9.17) is 9.47 Å². The molecule has 0 aliphatic rings. The smallest absolute Gasteiger partial charge is 0.348 e. The van der Waals surface area contributed by atoms with Crippen molar-refractivity contribution in [1.82, 2.24) is 4.31 Å².